The van der Waals surface area contributed by atoms with Gasteiger partial charge in [-0.2, -0.15) is 0 Å². The zero-order chi connectivity index (χ0) is 21.3. The molecule has 0 saturated heterocycles. The standard InChI is InChI=1S/C25H29NO4/c1-2-3-4-5-6-11-16-26(17-24(27)28)25(29)30-18-23-21-14-9-7-12-19(21)20-13-8-10-15-22(20)23/h2,7-10,12-15,23H,1,3-6,11,16-18H2,(H,27,28). The number of hydrogen-bond donors (Lipinski definition) is 1. The lowest BCUT2D eigenvalue weighted by atomic mass is 9.98. The molecule has 2 aromatic carbocycles. The largest absolute Gasteiger partial charge is 0.480 e. The van der Waals surface area contributed by atoms with Crippen molar-refractivity contribution in [3.05, 3.63) is 72.3 Å². The summed E-state index contributed by atoms with van der Waals surface area (Å²) in [5.41, 5.74) is 4.60. The van der Waals surface area contributed by atoms with Crippen LogP contribution in [0.4, 0.5) is 4.79 Å². The number of nitrogens with zero attached hydrogens (tertiary/aromatic N) is 1. The van der Waals surface area contributed by atoms with Crippen molar-refractivity contribution in [2.75, 3.05) is 19.7 Å². The van der Waals surface area contributed by atoms with Gasteiger partial charge in [0.15, 0.2) is 0 Å². The Morgan fingerprint density at radius 3 is 2.17 bits per heavy atom. The minimum absolute atomic E-state index is 0.0352. The quantitative estimate of drug-likeness (QED) is 0.397. The highest BCUT2D eigenvalue weighted by Crippen LogP contribution is 2.44. The predicted molar refractivity (Wildman–Crippen MR) is 118 cm³/mol. The van der Waals surface area contributed by atoms with Gasteiger partial charge in [-0.1, -0.05) is 67.4 Å². The van der Waals surface area contributed by atoms with Gasteiger partial charge in [-0.3, -0.25) is 9.69 Å². The number of hydrogen-bond acceptors (Lipinski definition) is 3. The van der Waals surface area contributed by atoms with Crippen LogP contribution in [0.5, 0.6) is 0 Å². The van der Waals surface area contributed by atoms with Crippen LogP contribution in [0.3, 0.4) is 0 Å². The van der Waals surface area contributed by atoms with Crippen molar-refractivity contribution in [3.8, 4) is 11.1 Å². The Bertz CT molecular complexity index is 847. The second-order valence-electron chi connectivity index (χ2n) is 7.61. The molecule has 30 heavy (non-hydrogen) atoms. The highest BCUT2D eigenvalue weighted by molar-refractivity contribution is 5.79. The van der Waals surface area contributed by atoms with Gasteiger partial charge in [0.1, 0.15) is 13.2 Å². The number of carboxylic acid groups (broad SMARTS) is 1. The molecule has 5 nitrogen and oxygen atoms in total. The molecule has 5 heteroatoms. The topological polar surface area (TPSA) is 66.8 Å². The Morgan fingerprint density at radius 1 is 0.967 bits per heavy atom. The second kappa shape index (κ2) is 10.6. The first kappa shape index (κ1) is 21.6. The molecule has 0 saturated carbocycles. The van der Waals surface area contributed by atoms with Crippen molar-refractivity contribution in [1.82, 2.24) is 4.90 Å². The first-order valence-corrected chi connectivity index (χ1v) is 10.5. The van der Waals surface area contributed by atoms with E-state index < -0.39 is 12.1 Å². The van der Waals surface area contributed by atoms with Crippen molar-refractivity contribution in [2.24, 2.45) is 0 Å². The predicted octanol–water partition coefficient (Wildman–Crippen LogP) is 5.46. The number of fused-ring (bicyclic) bond motifs is 3. The van der Waals surface area contributed by atoms with Crippen molar-refractivity contribution < 1.29 is 19.4 Å². The molecule has 0 unspecified atom stereocenters. The Hall–Kier alpha value is -3.08. The highest BCUT2D eigenvalue weighted by atomic mass is 16.6. The van der Waals surface area contributed by atoms with Crippen LogP contribution in [0.15, 0.2) is 61.2 Å². The molecule has 1 N–H and O–H groups in total. The third kappa shape index (κ3) is 5.29. The van der Waals surface area contributed by atoms with Crippen LogP contribution in [0.1, 0.15) is 49.1 Å². The number of carbonyl (C=O) groups excluding carboxylic acids is 1. The fourth-order valence-corrected chi connectivity index (χ4v) is 4.03. The summed E-state index contributed by atoms with van der Waals surface area (Å²) in [6.07, 6.45) is 6.11. The maximum Gasteiger partial charge on any atom is 0.410 e. The van der Waals surface area contributed by atoms with E-state index in [-0.39, 0.29) is 19.1 Å². The van der Waals surface area contributed by atoms with Crippen molar-refractivity contribution in [2.45, 2.75) is 38.0 Å². The SMILES string of the molecule is C=CCCCCCCN(CC(=O)O)C(=O)OCC1c2ccccc2-c2ccccc21. The van der Waals surface area contributed by atoms with E-state index in [0.29, 0.717) is 6.54 Å². The molecule has 2 aromatic rings. The number of ether oxygens (including phenoxy) is 1. The molecule has 1 aliphatic rings. The summed E-state index contributed by atoms with van der Waals surface area (Å²) < 4.78 is 5.61. The van der Waals surface area contributed by atoms with Crippen LogP contribution >= 0.6 is 0 Å². The Balaban J connectivity index is 1.60. The zero-order valence-corrected chi connectivity index (χ0v) is 17.3. The monoisotopic (exact) mass is 407 g/mol. The van der Waals surface area contributed by atoms with Gasteiger partial charge >= 0.3 is 12.1 Å². The third-order valence-corrected chi connectivity index (χ3v) is 5.51. The number of carbonyl (C=O) groups is 2. The van der Waals surface area contributed by atoms with Gasteiger partial charge in [0.25, 0.3) is 0 Å². The summed E-state index contributed by atoms with van der Waals surface area (Å²) in [4.78, 5) is 25.2. The van der Waals surface area contributed by atoms with E-state index in [1.807, 2.05) is 30.3 Å². The second-order valence-corrected chi connectivity index (χ2v) is 7.61. The van der Waals surface area contributed by atoms with E-state index in [1.54, 1.807) is 0 Å². The number of rotatable bonds is 11. The van der Waals surface area contributed by atoms with Gasteiger partial charge in [0.05, 0.1) is 0 Å². The van der Waals surface area contributed by atoms with Gasteiger partial charge in [0, 0.05) is 12.5 Å². The number of unbranched alkanes of at least 4 members (excludes halogenated alkanes) is 4. The molecule has 0 aliphatic heterocycles. The third-order valence-electron chi connectivity index (χ3n) is 5.51. The Labute approximate surface area is 178 Å². The van der Waals surface area contributed by atoms with Crippen LogP contribution in [0, 0.1) is 0 Å². The van der Waals surface area contributed by atoms with Crippen LogP contribution < -0.4 is 0 Å². The summed E-state index contributed by atoms with van der Waals surface area (Å²) in [6, 6.07) is 16.3. The molecule has 1 amide bonds. The lowest BCUT2D eigenvalue weighted by molar-refractivity contribution is -0.138. The van der Waals surface area contributed by atoms with Gasteiger partial charge in [-0.05, 0) is 41.5 Å². The summed E-state index contributed by atoms with van der Waals surface area (Å²) in [5, 5.41) is 9.19. The normalized spacial score (nSPS) is 12.1. The fourth-order valence-electron chi connectivity index (χ4n) is 4.03. The van der Waals surface area contributed by atoms with E-state index in [1.165, 1.54) is 4.90 Å². The number of carboxylic acids is 1. The number of aliphatic carboxylic acids is 1. The minimum atomic E-state index is -1.03. The van der Waals surface area contributed by atoms with Crippen LogP contribution in [0.25, 0.3) is 11.1 Å². The molecule has 158 valence electrons. The number of benzene rings is 2. The summed E-state index contributed by atoms with van der Waals surface area (Å²) >= 11 is 0. The van der Waals surface area contributed by atoms with Crippen LogP contribution in [-0.4, -0.2) is 41.8 Å². The maximum absolute atomic E-state index is 12.7. The zero-order valence-electron chi connectivity index (χ0n) is 17.3. The molecular weight excluding hydrogens is 378 g/mol. The number of amides is 1. The average Bonchev–Trinajstić information content (AvgIpc) is 3.07. The van der Waals surface area contributed by atoms with Crippen LogP contribution in [-0.2, 0) is 9.53 Å². The first-order chi connectivity index (χ1) is 14.6. The summed E-state index contributed by atoms with van der Waals surface area (Å²) in [6.45, 7) is 3.95. The molecule has 0 aromatic heterocycles. The summed E-state index contributed by atoms with van der Waals surface area (Å²) in [5.74, 6) is -1.07. The van der Waals surface area contributed by atoms with E-state index in [4.69, 9.17) is 4.74 Å². The van der Waals surface area contributed by atoms with E-state index in [9.17, 15) is 14.7 Å². The van der Waals surface area contributed by atoms with Crippen molar-refractivity contribution >= 4 is 12.1 Å². The molecular formula is C25H29NO4. The highest BCUT2D eigenvalue weighted by Gasteiger charge is 2.29. The van der Waals surface area contributed by atoms with Gasteiger partial charge in [-0.25, -0.2) is 4.79 Å². The number of allylic oxidation sites excluding steroid dienone is 1. The van der Waals surface area contributed by atoms with Gasteiger partial charge < -0.3 is 9.84 Å². The van der Waals surface area contributed by atoms with Gasteiger partial charge in [0.2, 0.25) is 0 Å². The molecule has 0 heterocycles. The Kier molecular flexibility index (Phi) is 7.66. The lowest BCUT2D eigenvalue weighted by Gasteiger charge is -2.22. The maximum atomic E-state index is 12.7. The fraction of sp³-hybridized carbons (Fsp3) is 0.360. The lowest BCUT2D eigenvalue weighted by Crippen LogP contribution is -2.37. The molecule has 0 spiro atoms. The van der Waals surface area contributed by atoms with Gasteiger partial charge in [-0.15, -0.1) is 6.58 Å². The van der Waals surface area contributed by atoms with Crippen LogP contribution in [0.2, 0.25) is 0 Å². The first-order valence-electron chi connectivity index (χ1n) is 10.5. The molecule has 0 radical (unpaired) electrons. The smallest absolute Gasteiger partial charge is 0.410 e. The summed E-state index contributed by atoms with van der Waals surface area (Å²) in [7, 11) is 0. The Morgan fingerprint density at radius 2 is 1.57 bits per heavy atom. The van der Waals surface area contributed by atoms with Crippen molar-refractivity contribution in [3.63, 3.8) is 0 Å². The average molecular weight is 408 g/mol. The van der Waals surface area contributed by atoms with Crippen molar-refractivity contribution in [1.29, 1.82) is 0 Å². The van der Waals surface area contributed by atoms with E-state index in [2.05, 4.69) is 30.8 Å². The molecule has 0 bridgehead atoms. The minimum Gasteiger partial charge on any atom is -0.480 e. The van der Waals surface area contributed by atoms with E-state index in [0.717, 1.165) is 54.4 Å². The molecule has 1 aliphatic carbocycles. The molecule has 0 atom stereocenters. The molecule has 3 rings (SSSR count). The molecule has 0 fully saturated rings. The van der Waals surface area contributed by atoms with E-state index >= 15 is 0 Å².